The molecule has 0 bridgehead atoms. The summed E-state index contributed by atoms with van der Waals surface area (Å²) in [6.45, 7) is 3.12. The van der Waals surface area contributed by atoms with Crippen molar-refractivity contribution in [2.45, 2.75) is 19.5 Å². The van der Waals surface area contributed by atoms with Crippen molar-refractivity contribution in [3.05, 3.63) is 0 Å². The van der Waals surface area contributed by atoms with Gasteiger partial charge in [-0.1, -0.05) is 0 Å². The number of nitrogens with two attached hydrogens (primary N) is 1. The standard InChI is InChI=1S/C6H14FNO.ClH/c1-2-9-4-3-6(7)5-8;/h6H,2-5,8H2,1H3;1H. The molecule has 0 aromatic carbocycles. The average Bonchev–Trinajstić information content (AvgIpc) is 1.89. The van der Waals surface area contributed by atoms with Gasteiger partial charge in [0.15, 0.2) is 0 Å². The topological polar surface area (TPSA) is 35.2 Å². The SMILES string of the molecule is CCOCCC(F)CN.Cl. The van der Waals surface area contributed by atoms with Crippen molar-refractivity contribution in [3.8, 4) is 0 Å². The molecule has 0 radical (unpaired) electrons. The zero-order valence-corrected chi connectivity index (χ0v) is 6.99. The monoisotopic (exact) mass is 171 g/mol. The molecule has 0 aliphatic rings. The second-order valence-electron chi connectivity index (χ2n) is 1.82. The van der Waals surface area contributed by atoms with Gasteiger partial charge in [0.2, 0.25) is 0 Å². The molecule has 0 saturated heterocycles. The summed E-state index contributed by atoms with van der Waals surface area (Å²) in [7, 11) is 0. The Labute approximate surface area is 67.3 Å². The van der Waals surface area contributed by atoms with Crippen molar-refractivity contribution in [1.29, 1.82) is 0 Å². The van der Waals surface area contributed by atoms with E-state index in [-0.39, 0.29) is 19.0 Å². The zero-order valence-electron chi connectivity index (χ0n) is 6.18. The highest BCUT2D eigenvalue weighted by Crippen LogP contribution is 1.94. The Kier molecular flexibility index (Phi) is 11.7. The van der Waals surface area contributed by atoms with Crippen molar-refractivity contribution in [2.75, 3.05) is 19.8 Å². The first kappa shape index (κ1) is 12.8. The quantitative estimate of drug-likeness (QED) is 0.630. The lowest BCUT2D eigenvalue weighted by molar-refractivity contribution is 0.124. The summed E-state index contributed by atoms with van der Waals surface area (Å²) in [5, 5.41) is 0. The molecule has 2 N–H and O–H groups in total. The Balaban J connectivity index is 0. The highest BCUT2D eigenvalue weighted by molar-refractivity contribution is 5.85. The number of hydrogen-bond donors (Lipinski definition) is 1. The van der Waals surface area contributed by atoms with Crippen molar-refractivity contribution in [2.24, 2.45) is 5.73 Å². The molecule has 1 unspecified atom stereocenters. The average molecular weight is 172 g/mol. The molecule has 0 aliphatic heterocycles. The van der Waals surface area contributed by atoms with E-state index in [2.05, 4.69) is 0 Å². The van der Waals surface area contributed by atoms with E-state index in [1.165, 1.54) is 0 Å². The van der Waals surface area contributed by atoms with E-state index in [9.17, 15) is 4.39 Å². The van der Waals surface area contributed by atoms with Crippen LogP contribution in [-0.4, -0.2) is 25.9 Å². The maximum Gasteiger partial charge on any atom is 0.114 e. The summed E-state index contributed by atoms with van der Waals surface area (Å²) < 4.78 is 17.2. The van der Waals surface area contributed by atoms with E-state index in [1.54, 1.807) is 0 Å². The lowest BCUT2D eigenvalue weighted by atomic mass is 10.3. The molecule has 2 nitrogen and oxygen atoms in total. The van der Waals surface area contributed by atoms with E-state index < -0.39 is 6.17 Å². The Morgan fingerprint density at radius 1 is 1.60 bits per heavy atom. The number of alkyl halides is 1. The van der Waals surface area contributed by atoms with Gasteiger partial charge in [-0.2, -0.15) is 0 Å². The molecule has 4 heteroatoms. The van der Waals surface area contributed by atoms with Crippen LogP contribution in [0.25, 0.3) is 0 Å². The second kappa shape index (κ2) is 9.14. The minimum Gasteiger partial charge on any atom is -0.382 e. The van der Waals surface area contributed by atoms with Gasteiger partial charge in [0.25, 0.3) is 0 Å². The molecule has 0 rings (SSSR count). The maximum atomic E-state index is 12.3. The molecule has 1 atom stereocenters. The van der Waals surface area contributed by atoms with Gasteiger partial charge in [0, 0.05) is 26.2 Å². The molecular formula is C6H15ClFNO. The molecule has 0 amide bonds. The van der Waals surface area contributed by atoms with Crippen LogP contribution in [0.4, 0.5) is 4.39 Å². The fourth-order valence-electron chi connectivity index (χ4n) is 0.473. The van der Waals surface area contributed by atoms with Crippen molar-refractivity contribution < 1.29 is 9.13 Å². The molecule has 10 heavy (non-hydrogen) atoms. The van der Waals surface area contributed by atoms with Gasteiger partial charge in [0.05, 0.1) is 0 Å². The van der Waals surface area contributed by atoms with Crippen molar-refractivity contribution >= 4 is 12.4 Å². The van der Waals surface area contributed by atoms with Crippen LogP contribution < -0.4 is 5.73 Å². The van der Waals surface area contributed by atoms with Crippen LogP contribution >= 0.6 is 12.4 Å². The fourth-order valence-corrected chi connectivity index (χ4v) is 0.473. The normalized spacial score (nSPS) is 12.3. The fraction of sp³-hybridized carbons (Fsp3) is 1.00. The van der Waals surface area contributed by atoms with Crippen LogP contribution in [-0.2, 0) is 4.74 Å². The molecular weight excluding hydrogens is 157 g/mol. The first-order chi connectivity index (χ1) is 4.31. The summed E-state index contributed by atoms with van der Waals surface area (Å²) in [5.74, 6) is 0. The first-order valence-corrected chi connectivity index (χ1v) is 3.23. The summed E-state index contributed by atoms with van der Waals surface area (Å²) in [4.78, 5) is 0. The van der Waals surface area contributed by atoms with Crippen LogP contribution in [0, 0.1) is 0 Å². The third-order valence-corrected chi connectivity index (χ3v) is 1.04. The maximum absolute atomic E-state index is 12.3. The molecule has 0 saturated carbocycles. The molecule has 64 valence electrons. The lowest BCUT2D eigenvalue weighted by Crippen LogP contribution is -2.16. The van der Waals surface area contributed by atoms with Gasteiger partial charge in [0.1, 0.15) is 6.17 Å². The van der Waals surface area contributed by atoms with Gasteiger partial charge in [-0.05, 0) is 6.92 Å². The minimum atomic E-state index is -0.892. The van der Waals surface area contributed by atoms with Crippen molar-refractivity contribution in [3.63, 3.8) is 0 Å². The number of ether oxygens (including phenoxy) is 1. The van der Waals surface area contributed by atoms with Crippen LogP contribution in [0.2, 0.25) is 0 Å². The van der Waals surface area contributed by atoms with Gasteiger partial charge in [-0.25, -0.2) is 4.39 Å². The van der Waals surface area contributed by atoms with E-state index in [1.807, 2.05) is 6.92 Å². The Morgan fingerprint density at radius 2 is 2.20 bits per heavy atom. The minimum absolute atomic E-state index is 0. The van der Waals surface area contributed by atoms with E-state index in [0.29, 0.717) is 19.6 Å². The van der Waals surface area contributed by atoms with Gasteiger partial charge >= 0.3 is 0 Å². The largest absolute Gasteiger partial charge is 0.382 e. The van der Waals surface area contributed by atoms with E-state index in [0.717, 1.165) is 0 Å². The number of halogens is 2. The van der Waals surface area contributed by atoms with Gasteiger partial charge in [-0.15, -0.1) is 12.4 Å². The van der Waals surface area contributed by atoms with Crippen LogP contribution in [0.1, 0.15) is 13.3 Å². The predicted octanol–water partition coefficient (Wildman–Crippen LogP) is 1.13. The van der Waals surface area contributed by atoms with Crippen LogP contribution in [0.3, 0.4) is 0 Å². The second-order valence-corrected chi connectivity index (χ2v) is 1.82. The van der Waals surface area contributed by atoms with E-state index in [4.69, 9.17) is 10.5 Å². The Hall–Kier alpha value is 0.140. The third-order valence-electron chi connectivity index (χ3n) is 1.04. The molecule has 0 aromatic rings. The van der Waals surface area contributed by atoms with Gasteiger partial charge in [-0.3, -0.25) is 0 Å². The zero-order chi connectivity index (χ0) is 7.11. The predicted molar refractivity (Wildman–Crippen MR) is 42.3 cm³/mol. The molecule has 0 aromatic heterocycles. The lowest BCUT2D eigenvalue weighted by Gasteiger charge is -2.03. The highest BCUT2D eigenvalue weighted by Gasteiger charge is 2.00. The molecule has 0 spiro atoms. The van der Waals surface area contributed by atoms with Crippen molar-refractivity contribution in [1.82, 2.24) is 0 Å². The van der Waals surface area contributed by atoms with Crippen LogP contribution in [0.15, 0.2) is 0 Å². The molecule has 0 aliphatic carbocycles. The third kappa shape index (κ3) is 8.14. The van der Waals surface area contributed by atoms with Crippen LogP contribution in [0.5, 0.6) is 0 Å². The molecule has 0 fully saturated rings. The first-order valence-electron chi connectivity index (χ1n) is 3.23. The number of rotatable bonds is 5. The summed E-state index contributed by atoms with van der Waals surface area (Å²) in [6.07, 6.45) is -0.471. The Morgan fingerprint density at radius 3 is 2.60 bits per heavy atom. The summed E-state index contributed by atoms with van der Waals surface area (Å²) >= 11 is 0. The summed E-state index contributed by atoms with van der Waals surface area (Å²) in [5.41, 5.74) is 5.02. The van der Waals surface area contributed by atoms with Gasteiger partial charge < -0.3 is 10.5 Å². The summed E-state index contributed by atoms with van der Waals surface area (Å²) in [6, 6.07) is 0. The van der Waals surface area contributed by atoms with E-state index >= 15 is 0 Å². The number of hydrogen-bond acceptors (Lipinski definition) is 2. The Bertz CT molecular complexity index is 65.7. The highest BCUT2D eigenvalue weighted by atomic mass is 35.5. The smallest absolute Gasteiger partial charge is 0.114 e. The molecule has 0 heterocycles.